The maximum absolute atomic E-state index is 13.6. The van der Waals surface area contributed by atoms with Gasteiger partial charge in [0.05, 0.1) is 22.1 Å². The predicted octanol–water partition coefficient (Wildman–Crippen LogP) is 4.34. The summed E-state index contributed by atoms with van der Waals surface area (Å²) < 4.78 is 3.73. The first-order chi connectivity index (χ1) is 14.1. The number of para-hydroxylation sites is 2. The van der Waals surface area contributed by atoms with E-state index in [1.54, 1.807) is 4.40 Å². The monoisotopic (exact) mass is 378 g/mol. The number of nitrogens with zero attached hydrogens (tertiary/aromatic N) is 4. The first kappa shape index (κ1) is 17.2. The van der Waals surface area contributed by atoms with Crippen LogP contribution in [0.3, 0.4) is 0 Å². The fourth-order valence-corrected chi connectivity index (χ4v) is 4.25. The molecule has 140 valence electrons. The average molecular weight is 378 g/mol. The van der Waals surface area contributed by atoms with Gasteiger partial charge in [0.25, 0.3) is 5.56 Å². The number of imidazole rings is 1. The van der Waals surface area contributed by atoms with Gasteiger partial charge in [-0.25, -0.2) is 0 Å². The Hall–Kier alpha value is -3.91. The lowest BCUT2D eigenvalue weighted by Crippen LogP contribution is -2.17. The number of aromatic nitrogens is 3. The Kier molecular flexibility index (Phi) is 3.75. The molecule has 5 aromatic rings. The number of hydrogen-bond acceptors (Lipinski definition) is 3. The molecule has 0 amide bonds. The van der Waals surface area contributed by atoms with Crippen LogP contribution in [0.4, 0.5) is 0 Å². The van der Waals surface area contributed by atoms with Crippen molar-refractivity contribution in [1.82, 2.24) is 14.0 Å². The number of benzene rings is 2. The summed E-state index contributed by atoms with van der Waals surface area (Å²) in [4.78, 5) is 18.0. The lowest BCUT2D eigenvalue weighted by molar-refractivity contribution is 0.852. The molecule has 5 heteroatoms. The second kappa shape index (κ2) is 6.32. The van der Waals surface area contributed by atoms with Crippen LogP contribution in [0.5, 0.6) is 0 Å². The lowest BCUT2D eigenvalue weighted by atomic mass is 10.1. The molecular formula is C24H18N4O. The highest BCUT2D eigenvalue weighted by Gasteiger charge is 2.21. The first-order valence-corrected chi connectivity index (χ1v) is 9.48. The minimum absolute atomic E-state index is 0.137. The Morgan fingerprint density at radius 1 is 1.00 bits per heavy atom. The average Bonchev–Trinajstić information content (AvgIpc) is 3.03. The Labute approximate surface area is 167 Å². The summed E-state index contributed by atoms with van der Waals surface area (Å²) in [6, 6.07) is 22.1. The van der Waals surface area contributed by atoms with E-state index in [4.69, 9.17) is 0 Å². The molecule has 0 saturated heterocycles. The number of fused-ring (bicyclic) bond motifs is 4. The van der Waals surface area contributed by atoms with Crippen molar-refractivity contribution in [2.24, 2.45) is 0 Å². The van der Waals surface area contributed by atoms with Gasteiger partial charge in [-0.05, 0) is 37.6 Å². The van der Waals surface area contributed by atoms with Gasteiger partial charge in [0, 0.05) is 17.6 Å². The first-order valence-electron chi connectivity index (χ1n) is 9.48. The molecule has 0 unspecified atom stereocenters. The van der Waals surface area contributed by atoms with E-state index in [-0.39, 0.29) is 5.56 Å². The van der Waals surface area contributed by atoms with Crippen LogP contribution < -0.4 is 5.56 Å². The van der Waals surface area contributed by atoms with Gasteiger partial charge in [0.15, 0.2) is 0 Å². The highest BCUT2D eigenvalue weighted by atomic mass is 16.1. The normalized spacial score (nSPS) is 11.3. The number of aryl methyl sites for hydroxylation is 2. The standard InChI is InChI=1S/C24H18N4O/c1-15-12-18-19(13-25)23-27(14-17-8-4-3-5-9-17)20-10-6-7-11-21(20)28(23)24(29)22(18)16(2)26-15/h3-12H,14H2,1-2H3. The zero-order chi connectivity index (χ0) is 20.1. The molecule has 0 atom stereocenters. The molecule has 29 heavy (non-hydrogen) atoms. The van der Waals surface area contributed by atoms with Crippen LogP contribution in [0.2, 0.25) is 0 Å². The highest BCUT2D eigenvalue weighted by molar-refractivity contribution is 5.97. The molecular weight excluding hydrogens is 360 g/mol. The zero-order valence-electron chi connectivity index (χ0n) is 16.2. The Morgan fingerprint density at radius 2 is 1.69 bits per heavy atom. The molecule has 0 radical (unpaired) electrons. The summed E-state index contributed by atoms with van der Waals surface area (Å²) >= 11 is 0. The molecule has 0 fully saturated rings. The molecule has 0 aliphatic heterocycles. The van der Waals surface area contributed by atoms with Crippen LogP contribution in [0.15, 0.2) is 65.5 Å². The fraction of sp³-hybridized carbons (Fsp3) is 0.125. The molecule has 0 aliphatic carbocycles. The number of rotatable bonds is 2. The smallest absolute Gasteiger partial charge is 0.266 e. The van der Waals surface area contributed by atoms with E-state index in [0.717, 1.165) is 22.3 Å². The molecule has 0 N–H and O–H groups in total. The second-order valence-corrected chi connectivity index (χ2v) is 7.28. The molecule has 0 spiro atoms. The van der Waals surface area contributed by atoms with Crippen molar-refractivity contribution in [2.45, 2.75) is 20.4 Å². The Bertz CT molecular complexity index is 1520. The summed E-state index contributed by atoms with van der Waals surface area (Å²) in [6.45, 7) is 4.28. The van der Waals surface area contributed by atoms with Crippen molar-refractivity contribution in [2.75, 3.05) is 0 Å². The van der Waals surface area contributed by atoms with Crippen LogP contribution >= 0.6 is 0 Å². The number of pyridine rings is 2. The third-order valence-electron chi connectivity index (χ3n) is 5.41. The van der Waals surface area contributed by atoms with Crippen LogP contribution in [0.25, 0.3) is 27.5 Å². The molecule has 5 nitrogen and oxygen atoms in total. The fourth-order valence-electron chi connectivity index (χ4n) is 4.25. The molecule has 3 aromatic heterocycles. The summed E-state index contributed by atoms with van der Waals surface area (Å²) in [7, 11) is 0. The van der Waals surface area contributed by atoms with E-state index in [9.17, 15) is 10.1 Å². The van der Waals surface area contributed by atoms with Crippen molar-refractivity contribution in [3.63, 3.8) is 0 Å². The van der Waals surface area contributed by atoms with E-state index in [1.165, 1.54) is 0 Å². The van der Waals surface area contributed by atoms with Gasteiger partial charge >= 0.3 is 0 Å². The van der Waals surface area contributed by atoms with Crippen LogP contribution in [0.1, 0.15) is 22.5 Å². The van der Waals surface area contributed by atoms with Crippen molar-refractivity contribution >= 4 is 27.5 Å². The maximum Gasteiger partial charge on any atom is 0.266 e. The summed E-state index contributed by atoms with van der Waals surface area (Å²) in [5.74, 6) is 0. The van der Waals surface area contributed by atoms with Crippen LogP contribution in [0, 0.1) is 25.2 Å². The summed E-state index contributed by atoms with van der Waals surface area (Å²) in [6.07, 6.45) is 0. The number of nitriles is 1. The van der Waals surface area contributed by atoms with E-state index < -0.39 is 0 Å². The minimum Gasteiger partial charge on any atom is -0.320 e. The zero-order valence-corrected chi connectivity index (χ0v) is 16.2. The molecule has 3 heterocycles. The van der Waals surface area contributed by atoms with E-state index in [1.807, 2.05) is 62.4 Å². The van der Waals surface area contributed by atoms with Crippen molar-refractivity contribution in [3.05, 3.63) is 93.5 Å². The number of hydrogen-bond donors (Lipinski definition) is 0. The van der Waals surface area contributed by atoms with Gasteiger partial charge in [-0.15, -0.1) is 0 Å². The van der Waals surface area contributed by atoms with Crippen LogP contribution in [-0.4, -0.2) is 14.0 Å². The van der Waals surface area contributed by atoms with E-state index in [2.05, 4.69) is 27.8 Å². The summed E-state index contributed by atoms with van der Waals surface area (Å²) in [5, 5.41) is 11.3. The Morgan fingerprint density at radius 3 is 2.41 bits per heavy atom. The van der Waals surface area contributed by atoms with Gasteiger partial charge in [-0.2, -0.15) is 5.26 Å². The lowest BCUT2D eigenvalue weighted by Gasteiger charge is -2.11. The third kappa shape index (κ3) is 2.46. The molecule has 0 bridgehead atoms. The van der Waals surface area contributed by atoms with E-state index >= 15 is 0 Å². The second-order valence-electron chi connectivity index (χ2n) is 7.28. The van der Waals surface area contributed by atoms with Crippen molar-refractivity contribution in [3.8, 4) is 6.07 Å². The van der Waals surface area contributed by atoms with Crippen molar-refractivity contribution < 1.29 is 0 Å². The van der Waals surface area contributed by atoms with Gasteiger partial charge in [-0.3, -0.25) is 14.2 Å². The quantitative estimate of drug-likeness (QED) is 0.459. The van der Waals surface area contributed by atoms with Crippen LogP contribution in [-0.2, 0) is 6.54 Å². The maximum atomic E-state index is 13.6. The topological polar surface area (TPSA) is 63.1 Å². The SMILES string of the molecule is Cc1cc2c(C#N)c3n(Cc4ccccc4)c4ccccc4n3c(=O)c2c(C)n1. The minimum atomic E-state index is -0.137. The predicted molar refractivity (Wildman–Crippen MR) is 114 cm³/mol. The summed E-state index contributed by atoms with van der Waals surface area (Å²) in [5.41, 5.74) is 5.25. The highest BCUT2D eigenvalue weighted by Crippen LogP contribution is 2.28. The largest absolute Gasteiger partial charge is 0.320 e. The van der Waals surface area contributed by atoms with Gasteiger partial charge in [0.2, 0.25) is 0 Å². The van der Waals surface area contributed by atoms with Gasteiger partial charge in [0.1, 0.15) is 17.3 Å². The molecule has 0 aliphatic rings. The molecule has 2 aromatic carbocycles. The van der Waals surface area contributed by atoms with Crippen molar-refractivity contribution in [1.29, 1.82) is 5.26 Å². The molecule has 0 saturated carbocycles. The Balaban J connectivity index is 2.04. The molecule has 5 rings (SSSR count). The van der Waals surface area contributed by atoms with Gasteiger partial charge in [-0.1, -0.05) is 42.5 Å². The van der Waals surface area contributed by atoms with Gasteiger partial charge < -0.3 is 4.57 Å². The van der Waals surface area contributed by atoms with E-state index in [0.29, 0.717) is 34.2 Å². The third-order valence-corrected chi connectivity index (χ3v) is 5.41.